The summed E-state index contributed by atoms with van der Waals surface area (Å²) in [6, 6.07) is 0.365. The summed E-state index contributed by atoms with van der Waals surface area (Å²) >= 11 is 7.00. The van der Waals surface area contributed by atoms with E-state index in [1.807, 2.05) is 0 Å². The lowest BCUT2D eigenvalue weighted by Crippen LogP contribution is -2.33. The molecule has 0 bridgehead atoms. The van der Waals surface area contributed by atoms with Crippen molar-refractivity contribution in [3.8, 4) is 0 Å². The van der Waals surface area contributed by atoms with Crippen LogP contribution in [0.25, 0.3) is 0 Å². The number of aromatic nitrogens is 2. The average Bonchev–Trinajstić information content (AvgIpc) is 2.79. The highest BCUT2D eigenvalue weighted by atomic mass is 35.5. The molecule has 1 N–H and O–H groups in total. The van der Waals surface area contributed by atoms with Gasteiger partial charge in [0.15, 0.2) is 11.0 Å². The van der Waals surface area contributed by atoms with E-state index in [9.17, 15) is 0 Å². The second kappa shape index (κ2) is 5.09. The molecule has 1 saturated heterocycles. The van der Waals surface area contributed by atoms with Gasteiger partial charge in [-0.1, -0.05) is 11.6 Å². The summed E-state index contributed by atoms with van der Waals surface area (Å²) in [6.45, 7) is 5.63. The highest BCUT2D eigenvalue weighted by molar-refractivity contribution is 6.99. The van der Waals surface area contributed by atoms with Gasteiger partial charge in [-0.25, -0.2) is 0 Å². The van der Waals surface area contributed by atoms with Crippen molar-refractivity contribution in [2.24, 2.45) is 0 Å². The summed E-state index contributed by atoms with van der Waals surface area (Å²) in [5.74, 6) is 0.716. The summed E-state index contributed by atoms with van der Waals surface area (Å²) < 4.78 is 8.02. The van der Waals surface area contributed by atoms with Gasteiger partial charge in [0, 0.05) is 12.6 Å². The minimum Gasteiger partial charge on any atom is -0.363 e. The summed E-state index contributed by atoms with van der Waals surface area (Å²) in [4.78, 5) is 2.46. The highest BCUT2D eigenvalue weighted by Crippen LogP contribution is 2.19. The molecule has 0 saturated carbocycles. The molecule has 1 atom stereocenters. The van der Waals surface area contributed by atoms with Crippen LogP contribution in [0.3, 0.4) is 0 Å². The molecule has 2 heterocycles. The second-order valence-electron chi connectivity index (χ2n) is 3.96. The molecule has 0 amide bonds. The number of nitrogens with zero attached hydrogens (tertiary/aromatic N) is 3. The van der Waals surface area contributed by atoms with Gasteiger partial charge in [0.2, 0.25) is 0 Å². The van der Waals surface area contributed by atoms with Crippen LogP contribution in [0, 0.1) is 0 Å². The Morgan fingerprint density at radius 1 is 1.47 bits per heavy atom. The lowest BCUT2D eigenvalue weighted by atomic mass is 10.3. The van der Waals surface area contributed by atoms with Crippen LogP contribution in [-0.4, -0.2) is 39.3 Å². The van der Waals surface area contributed by atoms with E-state index in [-0.39, 0.29) is 0 Å². The third-order valence-corrected chi connectivity index (χ3v) is 3.45. The van der Waals surface area contributed by atoms with Gasteiger partial charge in [-0.3, -0.25) is 0 Å². The minimum atomic E-state index is 0.365. The molecule has 4 nitrogen and oxygen atoms in total. The number of rotatable bonds is 4. The summed E-state index contributed by atoms with van der Waals surface area (Å²) in [5.41, 5.74) is 0. The largest absolute Gasteiger partial charge is 0.363 e. The SMILES string of the molecule is CC(CN1CCCC1)Nc1nsnc1Cl. The number of halogens is 1. The second-order valence-corrected chi connectivity index (χ2v) is 4.84. The van der Waals surface area contributed by atoms with Gasteiger partial charge in [-0.15, -0.1) is 0 Å². The van der Waals surface area contributed by atoms with Gasteiger partial charge < -0.3 is 10.2 Å². The number of anilines is 1. The van der Waals surface area contributed by atoms with Crippen molar-refractivity contribution >= 4 is 29.1 Å². The lowest BCUT2D eigenvalue weighted by molar-refractivity contribution is 0.327. The predicted molar refractivity (Wildman–Crippen MR) is 63.7 cm³/mol. The topological polar surface area (TPSA) is 41.0 Å². The van der Waals surface area contributed by atoms with Crippen LogP contribution in [0.15, 0.2) is 0 Å². The quantitative estimate of drug-likeness (QED) is 0.883. The molecule has 6 heteroatoms. The Morgan fingerprint density at radius 3 is 2.80 bits per heavy atom. The van der Waals surface area contributed by atoms with Crippen LogP contribution in [0.2, 0.25) is 5.15 Å². The van der Waals surface area contributed by atoms with E-state index in [1.165, 1.54) is 25.9 Å². The predicted octanol–water partition coefficient (Wildman–Crippen LogP) is 2.09. The Bertz CT molecular complexity index is 311. The molecule has 1 aromatic rings. The van der Waals surface area contributed by atoms with Crippen molar-refractivity contribution in [2.45, 2.75) is 25.8 Å². The maximum atomic E-state index is 5.86. The number of hydrogen-bond acceptors (Lipinski definition) is 5. The molecule has 0 radical (unpaired) electrons. The Morgan fingerprint density at radius 2 is 2.20 bits per heavy atom. The zero-order valence-electron chi connectivity index (χ0n) is 8.74. The van der Waals surface area contributed by atoms with Gasteiger partial charge in [0.05, 0.1) is 11.7 Å². The van der Waals surface area contributed by atoms with Crippen LogP contribution >= 0.6 is 23.3 Å². The van der Waals surface area contributed by atoms with Crippen LogP contribution < -0.4 is 5.32 Å². The Kier molecular flexibility index (Phi) is 3.77. The molecule has 0 aromatic carbocycles. The van der Waals surface area contributed by atoms with Crippen molar-refractivity contribution in [1.29, 1.82) is 0 Å². The summed E-state index contributed by atoms with van der Waals surface area (Å²) in [6.07, 6.45) is 2.65. The highest BCUT2D eigenvalue weighted by Gasteiger charge is 2.15. The molecule has 15 heavy (non-hydrogen) atoms. The molecule has 0 spiro atoms. The van der Waals surface area contributed by atoms with E-state index in [2.05, 4.69) is 25.9 Å². The van der Waals surface area contributed by atoms with E-state index in [0.717, 1.165) is 18.3 Å². The first kappa shape index (κ1) is 11.1. The van der Waals surface area contributed by atoms with Gasteiger partial charge in [0.1, 0.15) is 0 Å². The molecule has 1 unspecified atom stereocenters. The van der Waals surface area contributed by atoms with Crippen molar-refractivity contribution in [1.82, 2.24) is 13.6 Å². The fourth-order valence-electron chi connectivity index (χ4n) is 1.90. The number of nitrogens with one attached hydrogen (secondary N) is 1. The first-order valence-corrected chi connectivity index (χ1v) is 6.33. The van der Waals surface area contributed by atoms with Gasteiger partial charge >= 0.3 is 0 Å². The first-order chi connectivity index (χ1) is 7.25. The third kappa shape index (κ3) is 3.03. The molecule has 1 aromatic heterocycles. The maximum Gasteiger partial charge on any atom is 0.186 e. The minimum absolute atomic E-state index is 0.365. The van der Waals surface area contributed by atoms with Crippen LogP contribution in [-0.2, 0) is 0 Å². The zero-order valence-corrected chi connectivity index (χ0v) is 10.3. The normalized spacial score (nSPS) is 19.3. The molecule has 84 valence electrons. The van der Waals surface area contributed by atoms with E-state index in [4.69, 9.17) is 11.6 Å². The molecular formula is C9H15ClN4S. The van der Waals surface area contributed by atoms with E-state index in [1.54, 1.807) is 0 Å². The molecule has 1 aliphatic rings. The third-order valence-electron chi connectivity index (χ3n) is 2.56. The molecular weight excluding hydrogens is 232 g/mol. The van der Waals surface area contributed by atoms with Gasteiger partial charge in [-0.2, -0.15) is 8.75 Å². The van der Waals surface area contributed by atoms with E-state index < -0.39 is 0 Å². The number of likely N-dealkylation sites (tertiary alicyclic amines) is 1. The summed E-state index contributed by atoms with van der Waals surface area (Å²) in [5, 5.41) is 3.76. The average molecular weight is 247 g/mol. The molecule has 0 aliphatic carbocycles. The van der Waals surface area contributed by atoms with Crippen molar-refractivity contribution < 1.29 is 0 Å². The van der Waals surface area contributed by atoms with Crippen LogP contribution in [0.1, 0.15) is 19.8 Å². The Balaban J connectivity index is 1.81. The lowest BCUT2D eigenvalue weighted by Gasteiger charge is -2.20. The fraction of sp³-hybridized carbons (Fsp3) is 0.778. The van der Waals surface area contributed by atoms with Crippen molar-refractivity contribution in [3.63, 3.8) is 0 Å². The van der Waals surface area contributed by atoms with E-state index >= 15 is 0 Å². The molecule has 1 aliphatic heterocycles. The zero-order chi connectivity index (χ0) is 10.7. The maximum absolute atomic E-state index is 5.86. The Hall–Kier alpha value is -0.390. The molecule has 2 rings (SSSR count). The molecule has 1 fully saturated rings. The first-order valence-electron chi connectivity index (χ1n) is 5.22. The van der Waals surface area contributed by atoms with Crippen molar-refractivity contribution in [3.05, 3.63) is 5.15 Å². The standard InChI is InChI=1S/C9H15ClN4S/c1-7(6-14-4-2-3-5-14)11-9-8(10)12-15-13-9/h7H,2-6H2,1H3,(H,11,13). The fourth-order valence-corrected chi connectivity index (χ4v) is 2.55. The van der Waals surface area contributed by atoms with Gasteiger partial charge in [0.25, 0.3) is 0 Å². The van der Waals surface area contributed by atoms with Crippen LogP contribution in [0.4, 0.5) is 5.82 Å². The van der Waals surface area contributed by atoms with Crippen LogP contribution in [0.5, 0.6) is 0 Å². The Labute approximate surface area is 99.0 Å². The van der Waals surface area contributed by atoms with Crippen molar-refractivity contribution in [2.75, 3.05) is 25.0 Å². The smallest absolute Gasteiger partial charge is 0.186 e. The van der Waals surface area contributed by atoms with Gasteiger partial charge in [-0.05, 0) is 32.9 Å². The van der Waals surface area contributed by atoms with E-state index in [0.29, 0.717) is 17.0 Å². The number of hydrogen-bond donors (Lipinski definition) is 1. The monoisotopic (exact) mass is 246 g/mol. The summed E-state index contributed by atoms with van der Waals surface area (Å²) in [7, 11) is 0.